The van der Waals surface area contributed by atoms with Gasteiger partial charge in [0, 0.05) is 25.0 Å². The van der Waals surface area contributed by atoms with E-state index in [0.717, 1.165) is 30.8 Å². The van der Waals surface area contributed by atoms with Gasteiger partial charge in [-0.25, -0.2) is 0 Å². The maximum absolute atomic E-state index is 11.3. The van der Waals surface area contributed by atoms with Crippen LogP contribution < -0.4 is 16.0 Å². The van der Waals surface area contributed by atoms with Gasteiger partial charge in [-0.3, -0.25) is 4.79 Å². The van der Waals surface area contributed by atoms with Crippen molar-refractivity contribution in [3.05, 3.63) is 35.5 Å². The molecule has 1 amide bonds. The maximum atomic E-state index is 11.3. The van der Waals surface area contributed by atoms with Gasteiger partial charge in [0.15, 0.2) is 5.82 Å². The monoisotopic (exact) mass is 301 g/mol. The second kappa shape index (κ2) is 6.05. The van der Waals surface area contributed by atoms with Crippen molar-refractivity contribution in [3.63, 3.8) is 0 Å². The first-order valence-corrected chi connectivity index (χ1v) is 7.31. The number of nitrogens with zero attached hydrogens (tertiary/aromatic N) is 3. The molecular formula is C15H19N5O2. The summed E-state index contributed by atoms with van der Waals surface area (Å²) in [4.78, 5) is 17.8. The number of fused-ring (bicyclic) bond motifs is 1. The number of rotatable bonds is 4. The fourth-order valence-electron chi connectivity index (χ4n) is 2.71. The highest BCUT2D eigenvalue weighted by atomic mass is 16.5. The number of carbonyl (C=O) groups is 1. The quantitative estimate of drug-likeness (QED) is 0.814. The van der Waals surface area contributed by atoms with Gasteiger partial charge in [-0.15, -0.1) is 0 Å². The average molecular weight is 301 g/mol. The molecule has 3 N–H and O–H groups in total. The zero-order valence-corrected chi connectivity index (χ0v) is 12.5. The Labute approximate surface area is 128 Å². The van der Waals surface area contributed by atoms with Crippen LogP contribution in [0.25, 0.3) is 0 Å². The standard InChI is InChI=1S/C15H19N5O2/c1-17-14(21)8-13-18-15(22-19-13)9-20-7-3-4-10-11(16)5-2-6-12(10)20/h2,5-6H,3-4,7-9,16H2,1H3,(H,17,21). The van der Waals surface area contributed by atoms with Crippen molar-refractivity contribution in [3.8, 4) is 0 Å². The molecule has 7 nitrogen and oxygen atoms in total. The fraction of sp³-hybridized carbons (Fsp3) is 0.400. The van der Waals surface area contributed by atoms with Crippen molar-refractivity contribution in [1.29, 1.82) is 0 Å². The highest BCUT2D eigenvalue weighted by Gasteiger charge is 2.21. The molecule has 0 unspecified atom stereocenters. The van der Waals surface area contributed by atoms with Crippen molar-refractivity contribution in [2.75, 3.05) is 24.2 Å². The molecule has 1 aliphatic heterocycles. The lowest BCUT2D eigenvalue weighted by atomic mass is 10.00. The van der Waals surface area contributed by atoms with E-state index >= 15 is 0 Å². The van der Waals surface area contributed by atoms with Gasteiger partial charge in [-0.2, -0.15) is 4.98 Å². The van der Waals surface area contributed by atoms with Crippen LogP contribution in [0.5, 0.6) is 0 Å². The van der Waals surface area contributed by atoms with E-state index in [1.54, 1.807) is 7.05 Å². The molecule has 0 saturated carbocycles. The number of likely N-dealkylation sites (N-methyl/N-ethyl adjacent to an activating group) is 1. The van der Waals surface area contributed by atoms with E-state index in [-0.39, 0.29) is 12.3 Å². The third-order valence-corrected chi connectivity index (χ3v) is 3.82. The van der Waals surface area contributed by atoms with Gasteiger partial charge < -0.3 is 20.5 Å². The lowest BCUT2D eigenvalue weighted by Crippen LogP contribution is -2.29. The van der Waals surface area contributed by atoms with Crippen LogP contribution in [-0.2, 0) is 24.2 Å². The van der Waals surface area contributed by atoms with Crippen LogP contribution in [0.3, 0.4) is 0 Å². The van der Waals surface area contributed by atoms with E-state index in [1.807, 2.05) is 12.1 Å². The minimum atomic E-state index is -0.136. The van der Waals surface area contributed by atoms with Gasteiger partial charge in [-0.1, -0.05) is 11.2 Å². The van der Waals surface area contributed by atoms with E-state index in [9.17, 15) is 4.79 Å². The summed E-state index contributed by atoms with van der Waals surface area (Å²) in [6.07, 6.45) is 2.16. The van der Waals surface area contributed by atoms with Crippen molar-refractivity contribution < 1.29 is 9.32 Å². The summed E-state index contributed by atoms with van der Waals surface area (Å²) in [6, 6.07) is 5.94. The molecule has 0 aliphatic carbocycles. The molecule has 0 radical (unpaired) electrons. The van der Waals surface area contributed by atoms with Gasteiger partial charge in [0.25, 0.3) is 0 Å². The first-order valence-electron chi connectivity index (χ1n) is 7.31. The van der Waals surface area contributed by atoms with Crippen LogP contribution in [0.15, 0.2) is 22.7 Å². The van der Waals surface area contributed by atoms with Crippen molar-refractivity contribution >= 4 is 17.3 Å². The summed E-state index contributed by atoms with van der Waals surface area (Å²) in [7, 11) is 1.58. The van der Waals surface area contributed by atoms with Crippen molar-refractivity contribution in [2.24, 2.45) is 0 Å². The number of carbonyl (C=O) groups excluding carboxylic acids is 1. The molecule has 116 valence electrons. The number of anilines is 2. The number of hydrogen-bond donors (Lipinski definition) is 2. The molecule has 1 aliphatic rings. The molecule has 1 aromatic carbocycles. The largest absolute Gasteiger partial charge is 0.398 e. The van der Waals surface area contributed by atoms with Crippen LogP contribution in [-0.4, -0.2) is 29.6 Å². The Morgan fingerprint density at radius 2 is 2.36 bits per heavy atom. The molecule has 0 fully saturated rings. The predicted molar refractivity (Wildman–Crippen MR) is 82.3 cm³/mol. The molecule has 2 heterocycles. The topological polar surface area (TPSA) is 97.3 Å². The normalized spacial score (nSPS) is 13.8. The molecule has 0 bridgehead atoms. The zero-order valence-electron chi connectivity index (χ0n) is 12.5. The van der Waals surface area contributed by atoms with E-state index < -0.39 is 0 Å². The second-order valence-electron chi connectivity index (χ2n) is 5.32. The zero-order chi connectivity index (χ0) is 15.5. The molecular weight excluding hydrogens is 282 g/mol. The smallest absolute Gasteiger partial charge is 0.246 e. The molecule has 3 rings (SSSR count). The number of nitrogens with two attached hydrogens (primary N) is 1. The van der Waals surface area contributed by atoms with Gasteiger partial charge in [-0.05, 0) is 30.5 Å². The molecule has 0 atom stereocenters. The number of amides is 1. The Morgan fingerprint density at radius 3 is 3.18 bits per heavy atom. The molecule has 2 aromatic rings. The molecule has 0 saturated heterocycles. The van der Waals surface area contributed by atoms with E-state index in [1.165, 1.54) is 5.56 Å². The van der Waals surface area contributed by atoms with Gasteiger partial charge in [0.1, 0.15) is 0 Å². The third-order valence-electron chi connectivity index (χ3n) is 3.82. The number of hydrogen-bond acceptors (Lipinski definition) is 6. The molecule has 22 heavy (non-hydrogen) atoms. The Balaban J connectivity index is 1.75. The minimum absolute atomic E-state index is 0.129. The average Bonchev–Trinajstić information content (AvgIpc) is 2.95. The van der Waals surface area contributed by atoms with E-state index in [4.69, 9.17) is 10.3 Å². The molecule has 0 spiro atoms. The Kier molecular flexibility index (Phi) is 3.95. The van der Waals surface area contributed by atoms with Gasteiger partial charge >= 0.3 is 0 Å². The summed E-state index contributed by atoms with van der Waals surface area (Å²) >= 11 is 0. The SMILES string of the molecule is CNC(=O)Cc1noc(CN2CCCc3c(N)cccc32)n1. The maximum Gasteiger partial charge on any atom is 0.246 e. The van der Waals surface area contributed by atoms with E-state index in [2.05, 4.69) is 26.4 Å². The molecule has 7 heteroatoms. The van der Waals surface area contributed by atoms with Crippen LogP contribution >= 0.6 is 0 Å². The first kappa shape index (κ1) is 14.4. The third kappa shape index (κ3) is 2.88. The van der Waals surface area contributed by atoms with Gasteiger partial charge in [0.05, 0.1) is 13.0 Å². The van der Waals surface area contributed by atoms with E-state index in [0.29, 0.717) is 18.3 Å². The minimum Gasteiger partial charge on any atom is -0.398 e. The first-order chi connectivity index (χ1) is 10.7. The lowest BCUT2D eigenvalue weighted by molar-refractivity contribution is -0.120. The Hall–Kier alpha value is -2.57. The van der Waals surface area contributed by atoms with Crippen LogP contribution in [0.4, 0.5) is 11.4 Å². The Morgan fingerprint density at radius 1 is 1.50 bits per heavy atom. The number of nitrogen functional groups attached to an aromatic ring is 1. The van der Waals surface area contributed by atoms with Gasteiger partial charge in [0.2, 0.25) is 11.8 Å². The number of aromatic nitrogens is 2. The highest BCUT2D eigenvalue weighted by Crippen LogP contribution is 2.31. The summed E-state index contributed by atoms with van der Waals surface area (Å²) in [5, 5.41) is 6.38. The fourth-order valence-corrected chi connectivity index (χ4v) is 2.71. The van der Waals surface area contributed by atoms with Crippen molar-refractivity contribution in [2.45, 2.75) is 25.8 Å². The number of benzene rings is 1. The Bertz CT molecular complexity index is 682. The lowest BCUT2D eigenvalue weighted by Gasteiger charge is -2.30. The van der Waals surface area contributed by atoms with Crippen LogP contribution in [0.2, 0.25) is 0 Å². The number of nitrogens with one attached hydrogen (secondary N) is 1. The predicted octanol–water partition coefficient (Wildman–Crippen LogP) is 0.893. The highest BCUT2D eigenvalue weighted by molar-refractivity contribution is 5.77. The summed E-state index contributed by atoms with van der Waals surface area (Å²) < 4.78 is 5.24. The molecule has 1 aromatic heterocycles. The summed E-state index contributed by atoms with van der Waals surface area (Å²) in [5.41, 5.74) is 9.18. The van der Waals surface area contributed by atoms with Crippen LogP contribution in [0, 0.1) is 0 Å². The second-order valence-corrected chi connectivity index (χ2v) is 5.32. The summed E-state index contributed by atoms with van der Waals surface area (Å²) in [6.45, 7) is 1.45. The van der Waals surface area contributed by atoms with Crippen molar-refractivity contribution in [1.82, 2.24) is 15.5 Å². The van der Waals surface area contributed by atoms with Crippen LogP contribution in [0.1, 0.15) is 23.7 Å². The summed E-state index contributed by atoms with van der Waals surface area (Å²) in [5.74, 6) is 0.775.